The molecule has 1 aromatic rings. The molecule has 1 aliphatic heterocycles. The first kappa shape index (κ1) is 20.9. The van der Waals surface area contributed by atoms with Crippen molar-refractivity contribution in [3.8, 4) is 0 Å². The summed E-state index contributed by atoms with van der Waals surface area (Å²) in [4.78, 5) is 14.3. The van der Waals surface area contributed by atoms with Gasteiger partial charge in [-0.15, -0.1) is 0 Å². The van der Waals surface area contributed by atoms with E-state index in [9.17, 15) is 4.79 Å². The van der Waals surface area contributed by atoms with Gasteiger partial charge >= 0.3 is 5.97 Å². The Balaban J connectivity index is 1.90. The maximum atomic E-state index is 12.2. The predicted octanol–water partition coefficient (Wildman–Crippen LogP) is 3.85. The number of ether oxygens (including phenoxy) is 2. The van der Waals surface area contributed by atoms with Crippen LogP contribution in [-0.4, -0.2) is 53.3 Å². The highest BCUT2D eigenvalue weighted by Gasteiger charge is 2.39. The molecule has 0 bridgehead atoms. The first-order valence-electron chi connectivity index (χ1n) is 9.31. The molecule has 0 aromatic heterocycles. The van der Waals surface area contributed by atoms with Gasteiger partial charge in [0.1, 0.15) is 6.04 Å². The van der Waals surface area contributed by atoms with Crippen molar-refractivity contribution in [2.24, 2.45) is 0 Å². The number of anilines is 1. The largest absolute Gasteiger partial charge is 0.467 e. The molecule has 6 heteroatoms. The monoisotopic (exact) mass is 379 g/mol. The summed E-state index contributed by atoms with van der Waals surface area (Å²) in [6.07, 6.45) is 0.643. The van der Waals surface area contributed by atoms with Crippen LogP contribution in [0.25, 0.3) is 0 Å². The van der Waals surface area contributed by atoms with Gasteiger partial charge in [-0.25, -0.2) is 4.79 Å². The van der Waals surface area contributed by atoms with Crippen LogP contribution in [0.5, 0.6) is 0 Å². The minimum Gasteiger partial charge on any atom is -0.467 e. The highest BCUT2D eigenvalue weighted by atomic mass is 28.4. The molecule has 1 aromatic carbocycles. The quantitative estimate of drug-likeness (QED) is 0.409. The zero-order valence-corrected chi connectivity index (χ0v) is 18.0. The second kappa shape index (κ2) is 8.54. The van der Waals surface area contributed by atoms with Crippen molar-refractivity contribution in [1.82, 2.24) is 0 Å². The van der Waals surface area contributed by atoms with Crippen molar-refractivity contribution < 1.29 is 18.7 Å². The van der Waals surface area contributed by atoms with Gasteiger partial charge < -0.3 is 18.8 Å². The second-order valence-corrected chi connectivity index (χ2v) is 13.2. The second-order valence-electron chi connectivity index (χ2n) is 8.36. The fraction of sp³-hybridized carbons (Fsp3) is 0.650. The summed E-state index contributed by atoms with van der Waals surface area (Å²) in [7, 11) is -0.312. The van der Waals surface area contributed by atoms with Crippen LogP contribution < -0.4 is 4.90 Å². The smallest absolute Gasteiger partial charge is 0.328 e. The third-order valence-corrected chi connectivity index (χ3v) is 10.1. The molecule has 2 atom stereocenters. The summed E-state index contributed by atoms with van der Waals surface area (Å²) in [6, 6.07) is 9.65. The van der Waals surface area contributed by atoms with E-state index in [-0.39, 0.29) is 23.2 Å². The van der Waals surface area contributed by atoms with Crippen molar-refractivity contribution in [3.05, 3.63) is 30.3 Å². The zero-order valence-electron chi connectivity index (χ0n) is 17.0. The van der Waals surface area contributed by atoms with Gasteiger partial charge in [0.05, 0.1) is 26.4 Å². The topological polar surface area (TPSA) is 48.0 Å². The summed E-state index contributed by atoms with van der Waals surface area (Å²) in [6.45, 7) is 13.0. The van der Waals surface area contributed by atoms with E-state index in [2.05, 4.69) is 38.8 Å². The molecule has 0 N–H and O–H groups in total. The van der Waals surface area contributed by atoms with Gasteiger partial charge in [-0.2, -0.15) is 0 Å². The number of hydrogen-bond acceptors (Lipinski definition) is 5. The SMILES string of the molecule is COC(=O)[C@H]1C[C@@H](OCCO[Si](C)(C)C(C)(C)C)CN1c1ccccc1. The van der Waals surface area contributed by atoms with Crippen LogP contribution in [0.3, 0.4) is 0 Å². The average Bonchev–Trinajstić information content (AvgIpc) is 3.02. The normalized spacial score (nSPS) is 21.1. The summed E-state index contributed by atoms with van der Waals surface area (Å²) < 4.78 is 17.2. The number of carbonyl (C=O) groups is 1. The molecule has 5 nitrogen and oxygen atoms in total. The van der Waals surface area contributed by atoms with Crippen molar-refractivity contribution in [3.63, 3.8) is 0 Å². The van der Waals surface area contributed by atoms with Crippen molar-refractivity contribution in [1.29, 1.82) is 0 Å². The lowest BCUT2D eigenvalue weighted by molar-refractivity contribution is -0.142. The summed E-state index contributed by atoms with van der Waals surface area (Å²) in [5, 5.41) is 0.195. The first-order valence-corrected chi connectivity index (χ1v) is 12.2. The van der Waals surface area contributed by atoms with E-state index in [0.717, 1.165) is 5.69 Å². The summed E-state index contributed by atoms with van der Waals surface area (Å²) in [5.74, 6) is -0.211. The Bertz CT molecular complexity index is 585. The lowest BCUT2D eigenvalue weighted by atomic mass is 10.2. The van der Waals surface area contributed by atoms with Gasteiger partial charge in [-0.1, -0.05) is 39.0 Å². The van der Waals surface area contributed by atoms with Crippen molar-refractivity contribution in [2.45, 2.75) is 57.5 Å². The molecule has 0 unspecified atom stereocenters. The van der Waals surface area contributed by atoms with E-state index in [0.29, 0.717) is 26.2 Å². The third kappa shape index (κ3) is 5.08. The number of para-hydroxylation sites is 1. The molecular weight excluding hydrogens is 346 g/mol. The molecule has 1 saturated heterocycles. The fourth-order valence-electron chi connectivity index (χ4n) is 2.91. The Kier molecular flexibility index (Phi) is 6.88. The van der Waals surface area contributed by atoms with Crippen LogP contribution in [0.15, 0.2) is 30.3 Å². The van der Waals surface area contributed by atoms with E-state index in [1.807, 2.05) is 30.3 Å². The maximum Gasteiger partial charge on any atom is 0.328 e. The molecule has 0 aliphatic carbocycles. The standard InChI is InChI=1S/C20H33NO4Si/c1-20(2,3)26(5,6)25-13-12-24-17-14-18(19(22)23-4)21(15-17)16-10-8-7-9-11-16/h7-11,17-18H,12-15H2,1-6H3/t17-,18-/m1/s1. The molecule has 0 spiro atoms. The Hall–Kier alpha value is -1.37. The van der Waals surface area contributed by atoms with Crippen LogP contribution in [0, 0.1) is 0 Å². The summed E-state index contributed by atoms with van der Waals surface area (Å²) in [5.41, 5.74) is 1.02. The molecule has 1 aliphatic rings. The van der Waals surface area contributed by atoms with E-state index in [4.69, 9.17) is 13.9 Å². The van der Waals surface area contributed by atoms with Crippen LogP contribution in [0.1, 0.15) is 27.2 Å². The molecule has 0 saturated carbocycles. The molecule has 1 fully saturated rings. The molecular formula is C20H33NO4Si. The highest BCUT2D eigenvalue weighted by Crippen LogP contribution is 2.36. The minimum absolute atomic E-state index is 0.00215. The van der Waals surface area contributed by atoms with Gasteiger partial charge in [0.25, 0.3) is 0 Å². The van der Waals surface area contributed by atoms with E-state index < -0.39 is 8.32 Å². The fourth-order valence-corrected chi connectivity index (χ4v) is 3.94. The number of carbonyl (C=O) groups excluding carboxylic acids is 1. The Labute approximate surface area is 158 Å². The molecule has 146 valence electrons. The lowest BCUT2D eigenvalue weighted by Gasteiger charge is -2.36. The first-order chi connectivity index (χ1) is 12.2. The van der Waals surface area contributed by atoms with Gasteiger partial charge in [-0.3, -0.25) is 0 Å². The maximum absolute atomic E-state index is 12.2. The average molecular weight is 380 g/mol. The Morgan fingerprint density at radius 2 is 1.85 bits per heavy atom. The van der Waals surface area contributed by atoms with Crippen LogP contribution in [-0.2, 0) is 18.7 Å². The highest BCUT2D eigenvalue weighted by molar-refractivity contribution is 6.74. The number of nitrogens with zero attached hydrogens (tertiary/aromatic N) is 1. The number of benzene rings is 1. The third-order valence-electron chi connectivity index (χ3n) is 5.53. The van der Waals surface area contributed by atoms with Crippen LogP contribution >= 0.6 is 0 Å². The van der Waals surface area contributed by atoms with E-state index >= 15 is 0 Å². The van der Waals surface area contributed by atoms with Crippen molar-refractivity contribution in [2.75, 3.05) is 31.8 Å². The van der Waals surface area contributed by atoms with Crippen LogP contribution in [0.2, 0.25) is 18.1 Å². The van der Waals surface area contributed by atoms with E-state index in [1.54, 1.807) is 0 Å². The zero-order chi connectivity index (χ0) is 19.4. The van der Waals surface area contributed by atoms with Gasteiger partial charge in [0, 0.05) is 18.7 Å². The molecule has 2 rings (SSSR count). The van der Waals surface area contributed by atoms with E-state index in [1.165, 1.54) is 7.11 Å². The number of hydrogen-bond donors (Lipinski definition) is 0. The summed E-state index contributed by atoms with van der Waals surface area (Å²) >= 11 is 0. The minimum atomic E-state index is -1.75. The predicted molar refractivity (Wildman–Crippen MR) is 107 cm³/mol. The molecule has 26 heavy (non-hydrogen) atoms. The van der Waals surface area contributed by atoms with Crippen LogP contribution in [0.4, 0.5) is 5.69 Å². The number of methoxy groups -OCH3 is 1. The Morgan fingerprint density at radius 3 is 2.42 bits per heavy atom. The van der Waals surface area contributed by atoms with Gasteiger partial charge in [0.2, 0.25) is 0 Å². The Morgan fingerprint density at radius 1 is 1.19 bits per heavy atom. The van der Waals surface area contributed by atoms with Crippen molar-refractivity contribution >= 4 is 20.0 Å². The lowest BCUT2D eigenvalue weighted by Crippen LogP contribution is -2.41. The van der Waals surface area contributed by atoms with Gasteiger partial charge in [-0.05, 0) is 30.3 Å². The van der Waals surface area contributed by atoms with Gasteiger partial charge in [0.15, 0.2) is 8.32 Å². The molecule has 0 amide bonds. The molecule has 1 heterocycles. The molecule has 0 radical (unpaired) electrons. The number of esters is 1. The number of rotatable bonds is 7.